The Bertz CT molecular complexity index is 525. The molecule has 0 aliphatic rings. The van der Waals surface area contributed by atoms with Crippen molar-refractivity contribution in [3.05, 3.63) is 33.9 Å². The number of nitro groups is 1. The Labute approximate surface area is 132 Å². The lowest BCUT2D eigenvalue weighted by atomic mass is 10.2. The van der Waals surface area contributed by atoms with Crippen molar-refractivity contribution in [2.24, 2.45) is 0 Å². The minimum absolute atomic E-state index is 0.104. The van der Waals surface area contributed by atoms with E-state index in [-0.39, 0.29) is 16.3 Å². The Morgan fingerprint density at radius 1 is 1.27 bits per heavy atom. The molecular formula is C15H25NO5Si. The van der Waals surface area contributed by atoms with Crippen LogP contribution in [0.15, 0.2) is 18.2 Å². The summed E-state index contributed by atoms with van der Waals surface area (Å²) in [4.78, 5) is 10.3. The zero-order valence-corrected chi connectivity index (χ0v) is 14.9. The molecule has 0 heterocycles. The molecule has 0 unspecified atom stereocenters. The average molecular weight is 327 g/mol. The highest BCUT2D eigenvalue weighted by Gasteiger charge is 2.36. The van der Waals surface area contributed by atoms with Crippen molar-refractivity contribution in [2.45, 2.75) is 45.5 Å². The number of rotatable bonds is 7. The first-order valence-electron chi connectivity index (χ1n) is 7.23. The van der Waals surface area contributed by atoms with Gasteiger partial charge in [0.25, 0.3) is 5.69 Å². The van der Waals surface area contributed by atoms with E-state index in [4.69, 9.17) is 9.16 Å². The number of aliphatic hydroxyl groups excluding tert-OH is 1. The first-order chi connectivity index (χ1) is 10.1. The molecule has 0 bridgehead atoms. The molecule has 0 atom stereocenters. The van der Waals surface area contributed by atoms with Crippen LogP contribution in [0.2, 0.25) is 18.1 Å². The average Bonchev–Trinajstić information content (AvgIpc) is 2.41. The number of benzene rings is 1. The van der Waals surface area contributed by atoms with Gasteiger partial charge in [-0.25, -0.2) is 0 Å². The molecule has 0 fully saturated rings. The Morgan fingerprint density at radius 2 is 1.91 bits per heavy atom. The van der Waals surface area contributed by atoms with Crippen molar-refractivity contribution in [1.29, 1.82) is 0 Å². The van der Waals surface area contributed by atoms with Crippen LogP contribution in [0.25, 0.3) is 0 Å². The van der Waals surface area contributed by atoms with Crippen LogP contribution in [-0.2, 0) is 11.0 Å². The summed E-state index contributed by atoms with van der Waals surface area (Å²) in [7, 11) is -1.79. The summed E-state index contributed by atoms with van der Waals surface area (Å²) in [5.74, 6) is 0.494. The molecule has 6 nitrogen and oxygen atoms in total. The molecule has 1 N–H and O–H groups in total. The molecule has 124 valence electrons. The lowest BCUT2D eigenvalue weighted by Crippen LogP contribution is -2.41. The van der Waals surface area contributed by atoms with Crippen molar-refractivity contribution in [1.82, 2.24) is 0 Å². The Hall–Kier alpha value is -1.44. The van der Waals surface area contributed by atoms with Crippen LogP contribution in [0.5, 0.6) is 5.75 Å². The third kappa shape index (κ3) is 4.79. The second-order valence-electron chi connectivity index (χ2n) is 6.66. The fraction of sp³-hybridized carbons (Fsp3) is 0.600. The van der Waals surface area contributed by atoms with E-state index in [0.717, 1.165) is 0 Å². The lowest BCUT2D eigenvalue weighted by Gasteiger charge is -2.36. The van der Waals surface area contributed by atoms with Gasteiger partial charge in [0.2, 0.25) is 0 Å². The molecule has 1 rings (SSSR count). The fourth-order valence-electron chi connectivity index (χ4n) is 1.63. The molecule has 0 spiro atoms. The van der Waals surface area contributed by atoms with Gasteiger partial charge in [-0.3, -0.25) is 10.1 Å². The maximum atomic E-state index is 10.8. The van der Waals surface area contributed by atoms with E-state index in [1.54, 1.807) is 0 Å². The lowest BCUT2D eigenvalue weighted by molar-refractivity contribution is -0.385. The number of nitro benzene ring substituents is 1. The van der Waals surface area contributed by atoms with E-state index >= 15 is 0 Å². The van der Waals surface area contributed by atoms with E-state index in [2.05, 4.69) is 33.9 Å². The van der Waals surface area contributed by atoms with E-state index in [9.17, 15) is 15.2 Å². The topological polar surface area (TPSA) is 81.8 Å². The van der Waals surface area contributed by atoms with Crippen LogP contribution in [0, 0.1) is 10.1 Å². The van der Waals surface area contributed by atoms with Crippen molar-refractivity contribution < 1.29 is 19.2 Å². The number of ether oxygens (including phenoxy) is 1. The highest BCUT2D eigenvalue weighted by Crippen LogP contribution is 2.36. The van der Waals surface area contributed by atoms with Crippen LogP contribution >= 0.6 is 0 Å². The minimum atomic E-state index is -1.79. The van der Waals surface area contributed by atoms with Crippen molar-refractivity contribution in [3.8, 4) is 5.75 Å². The zero-order valence-electron chi connectivity index (χ0n) is 13.9. The Balaban J connectivity index is 2.58. The van der Waals surface area contributed by atoms with Gasteiger partial charge in [-0.1, -0.05) is 20.8 Å². The Kier molecular flexibility index (Phi) is 6.10. The monoisotopic (exact) mass is 327 g/mol. The van der Waals surface area contributed by atoms with E-state index in [1.165, 1.54) is 18.2 Å². The molecule has 0 aromatic heterocycles. The molecule has 0 aliphatic heterocycles. The summed E-state index contributed by atoms with van der Waals surface area (Å²) in [5.41, 5.74) is 0.139. The van der Waals surface area contributed by atoms with Gasteiger partial charge in [-0.05, 0) is 30.3 Å². The van der Waals surface area contributed by atoms with Gasteiger partial charge in [-0.15, -0.1) is 0 Å². The zero-order chi connectivity index (χ0) is 17.0. The van der Waals surface area contributed by atoms with Gasteiger partial charge in [0.05, 0.1) is 23.7 Å². The first kappa shape index (κ1) is 18.6. The second-order valence-corrected chi connectivity index (χ2v) is 11.5. The molecule has 1 aromatic carbocycles. The summed E-state index contributed by atoms with van der Waals surface area (Å²) in [6.07, 6.45) is 0. The summed E-state index contributed by atoms with van der Waals surface area (Å²) in [5, 5.41) is 20.1. The number of aliphatic hydroxyl groups is 1. The standard InChI is InChI=1S/C15H25NO5Si/c1-15(2,3)22(4,5)21-9-8-20-13-6-7-14(16(18)19)12(10-13)11-17/h6-7,10,17H,8-9,11H2,1-5H3. The highest BCUT2D eigenvalue weighted by molar-refractivity contribution is 6.74. The van der Waals surface area contributed by atoms with E-state index < -0.39 is 19.8 Å². The van der Waals surface area contributed by atoms with Gasteiger partial charge in [-0.2, -0.15) is 0 Å². The van der Waals surface area contributed by atoms with E-state index in [1.807, 2.05) is 0 Å². The van der Waals surface area contributed by atoms with Crippen LogP contribution in [-0.4, -0.2) is 31.6 Å². The largest absolute Gasteiger partial charge is 0.491 e. The molecule has 0 radical (unpaired) electrons. The maximum absolute atomic E-state index is 10.8. The normalized spacial score (nSPS) is 12.3. The van der Waals surface area contributed by atoms with Gasteiger partial charge < -0.3 is 14.3 Å². The molecule has 22 heavy (non-hydrogen) atoms. The van der Waals surface area contributed by atoms with Gasteiger partial charge in [0.15, 0.2) is 8.32 Å². The quantitative estimate of drug-likeness (QED) is 0.359. The van der Waals surface area contributed by atoms with Gasteiger partial charge in [0.1, 0.15) is 12.4 Å². The SMILES string of the molecule is CC(C)(C)[Si](C)(C)OCCOc1ccc([N+](=O)[O-])c(CO)c1. The fourth-order valence-corrected chi connectivity index (χ4v) is 2.66. The summed E-state index contributed by atoms with van der Waals surface area (Å²) < 4.78 is 11.5. The predicted molar refractivity (Wildman–Crippen MR) is 87.7 cm³/mol. The van der Waals surface area contributed by atoms with Crippen molar-refractivity contribution in [2.75, 3.05) is 13.2 Å². The molecule has 0 saturated heterocycles. The third-order valence-electron chi connectivity index (χ3n) is 4.04. The number of nitrogens with zero attached hydrogens (tertiary/aromatic N) is 1. The third-order valence-corrected chi connectivity index (χ3v) is 8.58. The molecule has 0 saturated carbocycles. The van der Waals surface area contributed by atoms with Gasteiger partial charge >= 0.3 is 0 Å². The number of hydrogen-bond acceptors (Lipinski definition) is 5. The highest BCUT2D eigenvalue weighted by atomic mass is 28.4. The smallest absolute Gasteiger partial charge is 0.275 e. The van der Waals surface area contributed by atoms with Crippen molar-refractivity contribution in [3.63, 3.8) is 0 Å². The molecule has 0 aliphatic carbocycles. The van der Waals surface area contributed by atoms with Crippen molar-refractivity contribution >= 4 is 14.0 Å². The summed E-state index contributed by atoms with van der Waals surface area (Å²) >= 11 is 0. The second kappa shape index (κ2) is 7.21. The minimum Gasteiger partial charge on any atom is -0.491 e. The van der Waals surface area contributed by atoms with Crippen LogP contribution < -0.4 is 4.74 Å². The molecular weight excluding hydrogens is 302 g/mol. The molecule has 1 aromatic rings. The predicted octanol–water partition coefficient (Wildman–Crippen LogP) is 3.49. The van der Waals surface area contributed by atoms with Crippen LogP contribution in [0.4, 0.5) is 5.69 Å². The summed E-state index contributed by atoms with van der Waals surface area (Å²) in [6, 6.07) is 4.36. The maximum Gasteiger partial charge on any atom is 0.275 e. The van der Waals surface area contributed by atoms with Crippen LogP contribution in [0.3, 0.4) is 0 Å². The van der Waals surface area contributed by atoms with E-state index in [0.29, 0.717) is 19.0 Å². The Morgan fingerprint density at radius 3 is 2.41 bits per heavy atom. The van der Waals surface area contributed by atoms with Gasteiger partial charge in [0, 0.05) is 6.07 Å². The van der Waals surface area contributed by atoms with Crippen LogP contribution in [0.1, 0.15) is 26.3 Å². The number of hydrogen-bond donors (Lipinski definition) is 1. The molecule has 0 amide bonds. The first-order valence-corrected chi connectivity index (χ1v) is 10.1. The summed E-state index contributed by atoms with van der Waals surface area (Å²) in [6.45, 7) is 11.3. The molecule has 7 heteroatoms.